The van der Waals surface area contributed by atoms with Crippen molar-refractivity contribution >= 4 is 17.8 Å². The zero-order valence-electron chi connectivity index (χ0n) is 6.22. The highest BCUT2D eigenvalue weighted by Gasteiger charge is 2.28. The first kappa shape index (κ1) is 9.56. The van der Waals surface area contributed by atoms with Gasteiger partial charge in [-0.3, -0.25) is 0 Å². The van der Waals surface area contributed by atoms with Crippen molar-refractivity contribution in [2.45, 2.75) is 31.7 Å². The van der Waals surface area contributed by atoms with Gasteiger partial charge in [-0.25, -0.2) is 4.79 Å². The smallest absolute Gasteiger partial charge is 0.450 e. The first-order chi connectivity index (χ1) is 4.36. The Balaban J connectivity index is 3.99. The molecule has 0 amide bonds. The standard InChI is InChI=1S/C6H11ClO3/c1-4(7)6(2,3)10-5(8)9/h4H,1-3H3,(H,8,9). The summed E-state index contributed by atoms with van der Waals surface area (Å²) in [6.07, 6.45) is -1.29. The van der Waals surface area contributed by atoms with Gasteiger partial charge in [0.25, 0.3) is 0 Å². The molecule has 0 spiro atoms. The highest BCUT2D eigenvalue weighted by Crippen LogP contribution is 2.19. The van der Waals surface area contributed by atoms with Crippen LogP contribution in [0.15, 0.2) is 0 Å². The van der Waals surface area contributed by atoms with Crippen molar-refractivity contribution in [2.24, 2.45) is 0 Å². The molecular formula is C6H11ClO3. The molecular weight excluding hydrogens is 156 g/mol. The Bertz CT molecular complexity index is 131. The third-order valence-electron chi connectivity index (χ3n) is 1.31. The Kier molecular flexibility index (Phi) is 2.96. The number of carboxylic acid groups (broad SMARTS) is 1. The average molecular weight is 167 g/mol. The number of halogens is 1. The highest BCUT2D eigenvalue weighted by molar-refractivity contribution is 6.21. The predicted molar refractivity (Wildman–Crippen MR) is 38.5 cm³/mol. The molecule has 0 rings (SSSR count). The molecule has 0 aliphatic heterocycles. The van der Waals surface area contributed by atoms with E-state index in [2.05, 4.69) is 4.74 Å². The lowest BCUT2D eigenvalue weighted by atomic mass is 10.1. The average Bonchev–Trinajstić information content (AvgIpc) is 1.60. The number of hydrogen-bond acceptors (Lipinski definition) is 2. The summed E-state index contributed by atoms with van der Waals surface area (Å²) in [6.45, 7) is 4.93. The predicted octanol–water partition coefficient (Wildman–Crippen LogP) is 2.09. The van der Waals surface area contributed by atoms with Crippen LogP contribution in [0.4, 0.5) is 4.79 Å². The minimum atomic E-state index is -1.29. The SMILES string of the molecule is CC(Cl)C(C)(C)OC(=O)O. The molecule has 1 atom stereocenters. The molecule has 0 aromatic heterocycles. The van der Waals surface area contributed by atoms with Crippen molar-refractivity contribution in [1.29, 1.82) is 0 Å². The Labute approximate surface area is 64.9 Å². The fourth-order valence-electron chi connectivity index (χ4n) is 0.306. The summed E-state index contributed by atoms with van der Waals surface area (Å²) in [7, 11) is 0. The maximum atomic E-state index is 10.0. The van der Waals surface area contributed by atoms with E-state index in [4.69, 9.17) is 16.7 Å². The van der Waals surface area contributed by atoms with Gasteiger partial charge in [0.05, 0.1) is 5.38 Å². The highest BCUT2D eigenvalue weighted by atomic mass is 35.5. The summed E-state index contributed by atoms with van der Waals surface area (Å²) >= 11 is 5.63. The first-order valence-electron chi connectivity index (χ1n) is 2.92. The van der Waals surface area contributed by atoms with Gasteiger partial charge < -0.3 is 9.84 Å². The number of hydrogen-bond donors (Lipinski definition) is 1. The zero-order valence-corrected chi connectivity index (χ0v) is 6.97. The summed E-state index contributed by atoms with van der Waals surface area (Å²) in [4.78, 5) is 10.0. The van der Waals surface area contributed by atoms with Gasteiger partial charge in [0.1, 0.15) is 5.60 Å². The van der Waals surface area contributed by atoms with Crippen molar-refractivity contribution in [3.63, 3.8) is 0 Å². The van der Waals surface area contributed by atoms with Gasteiger partial charge in [0.2, 0.25) is 0 Å². The van der Waals surface area contributed by atoms with E-state index in [0.29, 0.717) is 0 Å². The Morgan fingerprint density at radius 2 is 2.10 bits per heavy atom. The lowest BCUT2D eigenvalue weighted by molar-refractivity contribution is 0.00399. The second-order valence-electron chi connectivity index (χ2n) is 2.59. The summed E-state index contributed by atoms with van der Waals surface area (Å²) in [5, 5.41) is 7.89. The molecule has 0 bridgehead atoms. The molecule has 0 aromatic carbocycles. The van der Waals surface area contributed by atoms with Crippen LogP contribution in [0.5, 0.6) is 0 Å². The molecule has 0 heterocycles. The van der Waals surface area contributed by atoms with E-state index < -0.39 is 11.8 Å². The van der Waals surface area contributed by atoms with Crippen molar-refractivity contribution in [1.82, 2.24) is 0 Å². The molecule has 0 radical (unpaired) electrons. The van der Waals surface area contributed by atoms with Crippen molar-refractivity contribution < 1.29 is 14.6 Å². The quantitative estimate of drug-likeness (QED) is 0.505. The fourth-order valence-corrected chi connectivity index (χ4v) is 0.351. The van der Waals surface area contributed by atoms with Crippen LogP contribution in [0.1, 0.15) is 20.8 Å². The van der Waals surface area contributed by atoms with Gasteiger partial charge in [-0.05, 0) is 20.8 Å². The molecule has 1 unspecified atom stereocenters. The van der Waals surface area contributed by atoms with Gasteiger partial charge in [-0.15, -0.1) is 11.6 Å². The van der Waals surface area contributed by atoms with Gasteiger partial charge in [-0.2, -0.15) is 0 Å². The van der Waals surface area contributed by atoms with Crippen LogP contribution in [-0.4, -0.2) is 22.2 Å². The van der Waals surface area contributed by atoms with Crippen molar-refractivity contribution in [2.75, 3.05) is 0 Å². The topological polar surface area (TPSA) is 46.5 Å². The van der Waals surface area contributed by atoms with E-state index in [1.165, 1.54) is 0 Å². The maximum absolute atomic E-state index is 10.0. The van der Waals surface area contributed by atoms with E-state index >= 15 is 0 Å². The maximum Gasteiger partial charge on any atom is 0.506 e. The van der Waals surface area contributed by atoms with Crippen LogP contribution in [0.25, 0.3) is 0 Å². The van der Waals surface area contributed by atoms with Crippen molar-refractivity contribution in [3.8, 4) is 0 Å². The number of alkyl halides is 1. The molecule has 0 aromatic rings. The Hall–Kier alpha value is -0.440. The Morgan fingerprint density at radius 1 is 1.70 bits per heavy atom. The van der Waals surface area contributed by atoms with Crippen LogP contribution >= 0.6 is 11.6 Å². The molecule has 0 saturated heterocycles. The minimum absolute atomic E-state index is 0.330. The van der Waals surface area contributed by atoms with E-state index in [1.807, 2.05) is 0 Å². The van der Waals surface area contributed by atoms with Gasteiger partial charge in [0, 0.05) is 0 Å². The summed E-state index contributed by atoms with van der Waals surface area (Å²) in [6, 6.07) is 0. The fraction of sp³-hybridized carbons (Fsp3) is 0.833. The van der Waals surface area contributed by atoms with Crippen LogP contribution < -0.4 is 0 Å². The van der Waals surface area contributed by atoms with Crippen LogP contribution in [-0.2, 0) is 4.74 Å². The summed E-state index contributed by atoms with van der Waals surface area (Å²) in [5.74, 6) is 0. The zero-order chi connectivity index (χ0) is 8.36. The molecule has 4 heteroatoms. The normalized spacial score (nSPS) is 14.4. The van der Waals surface area contributed by atoms with Crippen molar-refractivity contribution in [3.05, 3.63) is 0 Å². The van der Waals surface area contributed by atoms with E-state index in [9.17, 15) is 4.79 Å². The molecule has 1 N–H and O–H groups in total. The third-order valence-corrected chi connectivity index (χ3v) is 1.83. The van der Waals surface area contributed by atoms with Crippen LogP contribution in [0, 0.1) is 0 Å². The third kappa shape index (κ3) is 2.92. The summed E-state index contributed by atoms with van der Waals surface area (Å²) < 4.78 is 4.48. The molecule has 0 saturated carbocycles. The second kappa shape index (κ2) is 3.10. The van der Waals surface area contributed by atoms with E-state index in [1.54, 1.807) is 20.8 Å². The minimum Gasteiger partial charge on any atom is -0.450 e. The number of ether oxygens (including phenoxy) is 1. The van der Waals surface area contributed by atoms with E-state index in [0.717, 1.165) is 0 Å². The second-order valence-corrected chi connectivity index (χ2v) is 3.24. The Morgan fingerprint density at radius 3 is 2.20 bits per heavy atom. The van der Waals surface area contributed by atoms with Gasteiger partial charge >= 0.3 is 6.16 Å². The van der Waals surface area contributed by atoms with Gasteiger partial charge in [-0.1, -0.05) is 0 Å². The largest absolute Gasteiger partial charge is 0.506 e. The number of carbonyl (C=O) groups is 1. The van der Waals surface area contributed by atoms with Crippen LogP contribution in [0.3, 0.4) is 0 Å². The first-order valence-corrected chi connectivity index (χ1v) is 3.36. The lowest BCUT2D eigenvalue weighted by Gasteiger charge is -2.25. The molecule has 0 aliphatic carbocycles. The number of rotatable bonds is 2. The molecule has 0 fully saturated rings. The molecule has 3 nitrogen and oxygen atoms in total. The van der Waals surface area contributed by atoms with E-state index in [-0.39, 0.29) is 5.38 Å². The molecule has 0 aliphatic rings. The summed E-state index contributed by atoms with van der Waals surface area (Å²) in [5.41, 5.74) is -0.812. The lowest BCUT2D eigenvalue weighted by Crippen LogP contribution is -2.35. The van der Waals surface area contributed by atoms with Gasteiger partial charge in [0.15, 0.2) is 0 Å². The molecule has 60 valence electrons. The molecule has 10 heavy (non-hydrogen) atoms. The van der Waals surface area contributed by atoms with Crippen LogP contribution in [0.2, 0.25) is 0 Å². The monoisotopic (exact) mass is 166 g/mol.